The van der Waals surface area contributed by atoms with Crippen LogP contribution in [0, 0.1) is 0 Å². The van der Waals surface area contributed by atoms with Gasteiger partial charge in [-0.1, -0.05) is 53.5 Å². The predicted molar refractivity (Wildman–Crippen MR) is 93.2 cm³/mol. The van der Waals surface area contributed by atoms with Gasteiger partial charge >= 0.3 is 5.97 Å². The summed E-state index contributed by atoms with van der Waals surface area (Å²) in [5.74, 6) is -0.797. The summed E-state index contributed by atoms with van der Waals surface area (Å²) < 4.78 is 5.12. The fraction of sp³-hybridized carbons (Fsp3) is 0.235. The van der Waals surface area contributed by atoms with Crippen LogP contribution in [0.5, 0.6) is 0 Å². The number of halogens is 2. The molecule has 24 heavy (non-hydrogen) atoms. The molecule has 0 saturated heterocycles. The monoisotopic (exact) mass is 366 g/mol. The van der Waals surface area contributed by atoms with E-state index in [0.717, 1.165) is 5.56 Å². The minimum atomic E-state index is -0.957. The molecule has 1 aromatic heterocycles. The number of anilines is 1. The van der Waals surface area contributed by atoms with Crippen LogP contribution >= 0.6 is 23.2 Å². The third-order valence-electron chi connectivity index (χ3n) is 3.19. The topological polar surface area (TPSA) is 68.3 Å². The van der Waals surface area contributed by atoms with Gasteiger partial charge in [0, 0.05) is 12.6 Å². The van der Waals surface area contributed by atoms with Gasteiger partial charge in [-0.15, -0.1) is 0 Å². The minimum absolute atomic E-state index is 0.165. The van der Waals surface area contributed by atoms with E-state index in [-0.39, 0.29) is 17.3 Å². The van der Waals surface area contributed by atoms with Crippen molar-refractivity contribution in [3.05, 3.63) is 58.2 Å². The maximum Gasteiger partial charge on any atom is 0.306 e. The Hall–Kier alpha value is -2.11. The summed E-state index contributed by atoms with van der Waals surface area (Å²) >= 11 is 11.7. The van der Waals surface area contributed by atoms with Gasteiger partial charge in [0.05, 0.1) is 10.0 Å². The number of carbonyl (C=O) groups is 2. The quantitative estimate of drug-likeness (QED) is 0.787. The summed E-state index contributed by atoms with van der Waals surface area (Å²) in [4.78, 5) is 27.8. The molecule has 1 aromatic carbocycles. The minimum Gasteiger partial charge on any atom is -0.453 e. The van der Waals surface area contributed by atoms with Crippen molar-refractivity contribution in [1.29, 1.82) is 0 Å². The number of carbonyl (C=O) groups excluding carboxylic acids is 2. The molecular formula is C17H16Cl2N2O3. The van der Waals surface area contributed by atoms with Crippen LogP contribution in [0.25, 0.3) is 0 Å². The molecule has 1 N–H and O–H groups in total. The van der Waals surface area contributed by atoms with Gasteiger partial charge in [0.15, 0.2) is 11.9 Å². The van der Waals surface area contributed by atoms with Crippen molar-refractivity contribution in [2.24, 2.45) is 0 Å². The van der Waals surface area contributed by atoms with E-state index >= 15 is 0 Å². The molecular weight excluding hydrogens is 351 g/mol. The number of aryl methyl sites for hydroxylation is 1. The SMILES string of the molecule is C[C@@H](OC(=O)CCc1ccccc1)C(=O)Nc1ncc(Cl)cc1Cl. The van der Waals surface area contributed by atoms with Gasteiger partial charge in [-0.05, 0) is 25.0 Å². The van der Waals surface area contributed by atoms with Gasteiger partial charge in [-0.2, -0.15) is 0 Å². The van der Waals surface area contributed by atoms with Crippen molar-refractivity contribution in [2.45, 2.75) is 25.9 Å². The molecule has 0 spiro atoms. The molecule has 0 aliphatic heterocycles. The second-order valence-corrected chi connectivity index (χ2v) is 5.93. The van der Waals surface area contributed by atoms with Crippen LogP contribution in [0.1, 0.15) is 18.9 Å². The number of benzene rings is 1. The Labute approximate surface area is 149 Å². The van der Waals surface area contributed by atoms with Crippen LogP contribution in [0.4, 0.5) is 5.82 Å². The van der Waals surface area contributed by atoms with E-state index in [1.54, 1.807) is 0 Å². The van der Waals surface area contributed by atoms with Crippen LogP contribution in [0.2, 0.25) is 10.0 Å². The summed E-state index contributed by atoms with van der Waals surface area (Å²) in [6.07, 6.45) is 1.15. The van der Waals surface area contributed by atoms with Crippen molar-refractivity contribution in [3.63, 3.8) is 0 Å². The van der Waals surface area contributed by atoms with Crippen LogP contribution in [0.15, 0.2) is 42.6 Å². The van der Waals surface area contributed by atoms with Crippen molar-refractivity contribution < 1.29 is 14.3 Å². The number of aromatic nitrogens is 1. The molecule has 0 unspecified atom stereocenters. The third-order valence-corrected chi connectivity index (χ3v) is 3.68. The van der Waals surface area contributed by atoms with Crippen LogP contribution in [0.3, 0.4) is 0 Å². The largest absolute Gasteiger partial charge is 0.453 e. The number of ether oxygens (including phenoxy) is 1. The number of pyridine rings is 1. The Morgan fingerprint density at radius 1 is 1.25 bits per heavy atom. The Bertz CT molecular complexity index is 723. The smallest absolute Gasteiger partial charge is 0.306 e. The van der Waals surface area contributed by atoms with Crippen LogP contribution in [-0.2, 0) is 20.7 Å². The van der Waals surface area contributed by atoms with Gasteiger partial charge in [-0.25, -0.2) is 4.98 Å². The molecule has 1 heterocycles. The van der Waals surface area contributed by atoms with E-state index in [4.69, 9.17) is 27.9 Å². The van der Waals surface area contributed by atoms with Crippen molar-refractivity contribution in [3.8, 4) is 0 Å². The fourth-order valence-corrected chi connectivity index (χ4v) is 2.35. The molecule has 2 rings (SSSR count). The first kappa shape index (κ1) is 18.2. The Morgan fingerprint density at radius 3 is 2.62 bits per heavy atom. The third kappa shape index (κ3) is 5.51. The Balaban J connectivity index is 1.83. The highest BCUT2D eigenvalue weighted by atomic mass is 35.5. The fourth-order valence-electron chi connectivity index (χ4n) is 1.93. The van der Waals surface area contributed by atoms with Crippen molar-refractivity contribution in [2.75, 3.05) is 5.32 Å². The first-order valence-corrected chi connectivity index (χ1v) is 8.06. The zero-order valence-electron chi connectivity index (χ0n) is 13.0. The summed E-state index contributed by atoms with van der Waals surface area (Å²) in [5, 5.41) is 3.07. The first-order chi connectivity index (χ1) is 11.5. The predicted octanol–water partition coefficient (Wildman–Crippen LogP) is 3.89. The number of esters is 1. The molecule has 126 valence electrons. The van der Waals surface area contributed by atoms with E-state index in [1.807, 2.05) is 30.3 Å². The Kier molecular flexibility index (Phi) is 6.58. The molecule has 1 atom stereocenters. The normalized spacial score (nSPS) is 11.6. The molecule has 1 amide bonds. The standard InChI is InChI=1S/C17H16Cl2N2O3/c1-11(17(23)21-16-14(19)9-13(18)10-20-16)24-15(22)8-7-12-5-3-2-4-6-12/h2-6,9-11H,7-8H2,1H3,(H,20,21,23)/t11-/m1/s1. The number of nitrogens with zero attached hydrogens (tertiary/aromatic N) is 1. The van der Waals surface area contributed by atoms with Crippen LogP contribution in [-0.4, -0.2) is 23.0 Å². The van der Waals surface area contributed by atoms with Gasteiger partial charge in [0.1, 0.15) is 0 Å². The number of rotatable bonds is 6. The van der Waals surface area contributed by atoms with E-state index in [2.05, 4.69) is 10.3 Å². The molecule has 0 aliphatic rings. The summed E-state index contributed by atoms with van der Waals surface area (Å²) in [7, 11) is 0. The average molecular weight is 367 g/mol. The zero-order valence-corrected chi connectivity index (χ0v) is 14.5. The maximum absolute atomic E-state index is 12.0. The van der Waals surface area contributed by atoms with Gasteiger partial charge in [0.2, 0.25) is 0 Å². The lowest BCUT2D eigenvalue weighted by Crippen LogP contribution is -2.30. The van der Waals surface area contributed by atoms with Gasteiger partial charge in [-0.3, -0.25) is 9.59 Å². The molecule has 7 heteroatoms. The summed E-state index contributed by atoms with van der Waals surface area (Å²) in [6, 6.07) is 11.0. The summed E-state index contributed by atoms with van der Waals surface area (Å²) in [5.41, 5.74) is 1.03. The Morgan fingerprint density at radius 2 is 1.96 bits per heavy atom. The average Bonchev–Trinajstić information content (AvgIpc) is 2.56. The molecule has 2 aromatic rings. The number of hydrogen-bond acceptors (Lipinski definition) is 4. The zero-order chi connectivity index (χ0) is 17.5. The van der Waals surface area contributed by atoms with Gasteiger partial charge < -0.3 is 10.1 Å². The second-order valence-electron chi connectivity index (χ2n) is 5.09. The molecule has 0 bridgehead atoms. The lowest BCUT2D eigenvalue weighted by Gasteiger charge is -2.13. The number of hydrogen-bond donors (Lipinski definition) is 1. The highest BCUT2D eigenvalue weighted by Gasteiger charge is 2.19. The maximum atomic E-state index is 12.0. The van der Waals surface area contributed by atoms with Crippen LogP contribution < -0.4 is 5.32 Å². The summed E-state index contributed by atoms with van der Waals surface area (Å²) in [6.45, 7) is 1.49. The lowest BCUT2D eigenvalue weighted by molar-refractivity contribution is -0.153. The first-order valence-electron chi connectivity index (χ1n) is 7.31. The molecule has 5 nitrogen and oxygen atoms in total. The number of nitrogens with one attached hydrogen (secondary N) is 1. The van der Waals surface area contributed by atoms with Crippen molar-refractivity contribution in [1.82, 2.24) is 4.98 Å². The van der Waals surface area contributed by atoms with E-state index in [0.29, 0.717) is 11.4 Å². The van der Waals surface area contributed by atoms with E-state index < -0.39 is 18.0 Å². The molecule has 0 radical (unpaired) electrons. The molecule has 0 saturated carbocycles. The number of amides is 1. The second kappa shape index (κ2) is 8.66. The highest BCUT2D eigenvalue weighted by Crippen LogP contribution is 2.22. The highest BCUT2D eigenvalue weighted by molar-refractivity contribution is 6.36. The lowest BCUT2D eigenvalue weighted by atomic mass is 10.1. The van der Waals surface area contributed by atoms with E-state index in [1.165, 1.54) is 19.2 Å². The van der Waals surface area contributed by atoms with E-state index in [9.17, 15) is 9.59 Å². The van der Waals surface area contributed by atoms with Gasteiger partial charge in [0.25, 0.3) is 5.91 Å². The van der Waals surface area contributed by atoms with Crippen molar-refractivity contribution >= 4 is 40.9 Å². The molecule has 0 aliphatic carbocycles. The molecule has 0 fully saturated rings.